The Morgan fingerprint density at radius 1 is 1.21 bits per heavy atom. The van der Waals surface area contributed by atoms with Crippen molar-refractivity contribution in [1.29, 1.82) is 0 Å². The molecule has 0 aromatic heterocycles. The van der Waals surface area contributed by atoms with E-state index in [0.717, 1.165) is 44.1 Å². The van der Waals surface area contributed by atoms with E-state index in [0.29, 0.717) is 0 Å². The summed E-state index contributed by atoms with van der Waals surface area (Å²) in [5.74, 6) is 2.91. The van der Waals surface area contributed by atoms with Gasteiger partial charge in [0.25, 0.3) is 0 Å². The molecule has 110 valence electrons. The number of hydrogen-bond donors (Lipinski definition) is 1. The number of ether oxygens (including phenoxy) is 1. The number of likely N-dealkylation sites (tertiary alicyclic amines) is 1. The van der Waals surface area contributed by atoms with E-state index in [1.165, 1.54) is 38.8 Å². The average molecular weight is 267 g/mol. The van der Waals surface area contributed by atoms with Gasteiger partial charge in [0.15, 0.2) is 5.96 Å². The van der Waals surface area contributed by atoms with Crippen LogP contribution in [0, 0.1) is 11.8 Å². The maximum atomic E-state index is 5.37. The van der Waals surface area contributed by atoms with Crippen molar-refractivity contribution < 1.29 is 4.74 Å². The Balaban J connectivity index is 1.87. The molecule has 0 spiro atoms. The minimum Gasteiger partial charge on any atom is -0.380 e. The fourth-order valence-corrected chi connectivity index (χ4v) is 3.37. The van der Waals surface area contributed by atoms with E-state index in [2.05, 4.69) is 17.1 Å². The van der Waals surface area contributed by atoms with Gasteiger partial charge >= 0.3 is 0 Å². The van der Waals surface area contributed by atoms with Gasteiger partial charge in [-0.3, -0.25) is 4.99 Å². The third-order valence-electron chi connectivity index (χ3n) is 4.31. The topological polar surface area (TPSA) is 36.9 Å². The molecule has 1 saturated heterocycles. The highest BCUT2D eigenvalue weighted by molar-refractivity contribution is 5.80. The molecule has 2 unspecified atom stereocenters. The molecule has 2 fully saturated rings. The quantitative estimate of drug-likeness (QED) is 0.471. The van der Waals surface area contributed by atoms with Gasteiger partial charge < -0.3 is 15.0 Å². The summed E-state index contributed by atoms with van der Waals surface area (Å²) in [4.78, 5) is 7.17. The molecule has 1 saturated carbocycles. The van der Waals surface area contributed by atoms with Gasteiger partial charge in [0, 0.05) is 26.2 Å². The molecule has 1 aliphatic heterocycles. The van der Waals surface area contributed by atoms with Crippen LogP contribution in [-0.2, 0) is 4.74 Å². The zero-order chi connectivity index (χ0) is 13.5. The first-order valence-corrected chi connectivity index (χ1v) is 7.96. The molecular weight excluding hydrogens is 238 g/mol. The number of fused-ring (bicyclic) bond motifs is 1. The van der Waals surface area contributed by atoms with Crippen LogP contribution in [0.2, 0.25) is 0 Å². The van der Waals surface area contributed by atoms with Crippen molar-refractivity contribution in [2.45, 2.75) is 39.5 Å². The Hall–Kier alpha value is -0.770. The molecule has 2 aliphatic rings. The summed E-state index contributed by atoms with van der Waals surface area (Å²) in [5, 5.41) is 3.43. The molecule has 1 aliphatic carbocycles. The Morgan fingerprint density at radius 3 is 2.47 bits per heavy atom. The molecule has 4 nitrogen and oxygen atoms in total. The van der Waals surface area contributed by atoms with Crippen molar-refractivity contribution >= 4 is 5.96 Å². The van der Waals surface area contributed by atoms with Crippen molar-refractivity contribution in [3.8, 4) is 0 Å². The Morgan fingerprint density at radius 2 is 1.89 bits per heavy atom. The number of aliphatic imine (C=N–C) groups is 1. The number of guanidine groups is 1. The lowest BCUT2D eigenvalue weighted by atomic mass is 9.82. The molecule has 0 aromatic rings. The van der Waals surface area contributed by atoms with Crippen LogP contribution >= 0.6 is 0 Å². The molecule has 19 heavy (non-hydrogen) atoms. The molecule has 2 rings (SSSR count). The second kappa shape index (κ2) is 7.73. The predicted molar refractivity (Wildman–Crippen MR) is 79.5 cm³/mol. The smallest absolute Gasteiger partial charge is 0.194 e. The lowest BCUT2D eigenvalue weighted by molar-refractivity contribution is 0.155. The van der Waals surface area contributed by atoms with Gasteiger partial charge in [0.2, 0.25) is 0 Å². The van der Waals surface area contributed by atoms with Crippen LogP contribution < -0.4 is 5.32 Å². The van der Waals surface area contributed by atoms with Gasteiger partial charge in [-0.25, -0.2) is 0 Å². The number of nitrogens with one attached hydrogen (secondary N) is 1. The van der Waals surface area contributed by atoms with Gasteiger partial charge in [-0.2, -0.15) is 0 Å². The van der Waals surface area contributed by atoms with E-state index in [1.807, 2.05) is 6.92 Å². The molecule has 0 bridgehead atoms. The van der Waals surface area contributed by atoms with Crippen molar-refractivity contribution in [3.05, 3.63) is 0 Å². The zero-order valence-electron chi connectivity index (χ0n) is 12.5. The SMILES string of the molecule is CCNC(=NCCOCC)N1CC2CCCCC2C1. The first-order chi connectivity index (χ1) is 9.35. The van der Waals surface area contributed by atoms with Gasteiger partial charge in [-0.1, -0.05) is 12.8 Å². The second-order valence-corrected chi connectivity index (χ2v) is 5.64. The van der Waals surface area contributed by atoms with Crippen molar-refractivity contribution in [1.82, 2.24) is 10.2 Å². The van der Waals surface area contributed by atoms with E-state index in [9.17, 15) is 0 Å². The Bertz CT molecular complexity index is 279. The van der Waals surface area contributed by atoms with Crippen molar-refractivity contribution in [2.75, 3.05) is 39.4 Å². The first-order valence-electron chi connectivity index (χ1n) is 7.96. The number of rotatable bonds is 5. The second-order valence-electron chi connectivity index (χ2n) is 5.64. The first kappa shape index (κ1) is 14.6. The largest absolute Gasteiger partial charge is 0.380 e. The minimum atomic E-state index is 0.728. The van der Waals surface area contributed by atoms with Crippen LogP contribution in [0.5, 0.6) is 0 Å². The van der Waals surface area contributed by atoms with Crippen LogP contribution in [0.4, 0.5) is 0 Å². The van der Waals surface area contributed by atoms with Crippen LogP contribution in [0.3, 0.4) is 0 Å². The number of hydrogen-bond acceptors (Lipinski definition) is 2. The standard InChI is InChI=1S/C15H29N3O/c1-3-16-15(17-9-10-19-4-2)18-11-13-7-5-6-8-14(13)12-18/h13-14H,3-12H2,1-2H3,(H,16,17). The maximum Gasteiger partial charge on any atom is 0.194 e. The van der Waals surface area contributed by atoms with Gasteiger partial charge in [0.05, 0.1) is 13.2 Å². The normalized spacial score (nSPS) is 27.5. The highest BCUT2D eigenvalue weighted by Crippen LogP contribution is 2.35. The summed E-state index contributed by atoms with van der Waals surface area (Å²) in [6.07, 6.45) is 5.68. The molecule has 1 N–H and O–H groups in total. The summed E-state index contributed by atoms with van der Waals surface area (Å²) in [7, 11) is 0. The van der Waals surface area contributed by atoms with Crippen LogP contribution in [0.1, 0.15) is 39.5 Å². The summed E-state index contributed by atoms with van der Waals surface area (Å²) < 4.78 is 5.37. The minimum absolute atomic E-state index is 0.728. The summed E-state index contributed by atoms with van der Waals surface area (Å²) in [6, 6.07) is 0. The zero-order valence-corrected chi connectivity index (χ0v) is 12.5. The lowest BCUT2D eigenvalue weighted by Gasteiger charge is -2.22. The van der Waals surface area contributed by atoms with Gasteiger partial charge in [-0.05, 0) is 38.5 Å². The molecule has 0 amide bonds. The monoisotopic (exact) mass is 267 g/mol. The molecule has 2 atom stereocenters. The molecule has 0 aromatic carbocycles. The maximum absolute atomic E-state index is 5.37. The van der Waals surface area contributed by atoms with E-state index < -0.39 is 0 Å². The van der Waals surface area contributed by atoms with E-state index >= 15 is 0 Å². The Labute approximate surface area is 117 Å². The van der Waals surface area contributed by atoms with Crippen molar-refractivity contribution in [2.24, 2.45) is 16.8 Å². The van der Waals surface area contributed by atoms with Gasteiger partial charge in [-0.15, -0.1) is 0 Å². The van der Waals surface area contributed by atoms with Crippen LogP contribution in [0.25, 0.3) is 0 Å². The predicted octanol–water partition coefficient (Wildman–Crippen LogP) is 2.11. The van der Waals surface area contributed by atoms with Crippen molar-refractivity contribution in [3.63, 3.8) is 0 Å². The molecule has 1 heterocycles. The fourth-order valence-electron chi connectivity index (χ4n) is 3.37. The fraction of sp³-hybridized carbons (Fsp3) is 0.933. The summed E-state index contributed by atoms with van der Waals surface area (Å²) in [6.45, 7) is 9.78. The third kappa shape index (κ3) is 4.10. The lowest BCUT2D eigenvalue weighted by Crippen LogP contribution is -2.40. The number of nitrogens with zero attached hydrogens (tertiary/aromatic N) is 2. The molecule has 0 radical (unpaired) electrons. The average Bonchev–Trinajstić information content (AvgIpc) is 2.86. The van der Waals surface area contributed by atoms with E-state index in [1.54, 1.807) is 0 Å². The molecule has 4 heteroatoms. The third-order valence-corrected chi connectivity index (χ3v) is 4.31. The summed E-state index contributed by atoms with van der Waals surface area (Å²) >= 11 is 0. The van der Waals surface area contributed by atoms with E-state index in [-0.39, 0.29) is 0 Å². The van der Waals surface area contributed by atoms with Crippen LogP contribution in [0.15, 0.2) is 4.99 Å². The molecular formula is C15H29N3O. The summed E-state index contributed by atoms with van der Waals surface area (Å²) in [5.41, 5.74) is 0. The highest BCUT2D eigenvalue weighted by atomic mass is 16.5. The Kier molecular flexibility index (Phi) is 5.95. The van der Waals surface area contributed by atoms with Gasteiger partial charge in [0.1, 0.15) is 0 Å². The van der Waals surface area contributed by atoms with Crippen LogP contribution in [-0.4, -0.2) is 50.3 Å². The highest BCUT2D eigenvalue weighted by Gasteiger charge is 2.35. The van der Waals surface area contributed by atoms with E-state index in [4.69, 9.17) is 9.73 Å².